The molecule has 4 heteroatoms. The molecule has 1 aromatic rings. The Morgan fingerprint density at radius 3 is 2.94 bits per heavy atom. The summed E-state index contributed by atoms with van der Waals surface area (Å²) in [6.45, 7) is 3.22. The van der Waals surface area contributed by atoms with Crippen LogP contribution in [0.4, 0.5) is 4.39 Å². The quantitative estimate of drug-likeness (QED) is 0.738. The number of halogens is 1. The van der Waals surface area contributed by atoms with Crippen LogP contribution < -0.4 is 10.6 Å². The van der Waals surface area contributed by atoms with Gasteiger partial charge < -0.3 is 15.4 Å². The van der Waals surface area contributed by atoms with Crippen molar-refractivity contribution in [1.82, 2.24) is 10.6 Å². The molecule has 0 radical (unpaired) electrons. The second-order valence-electron chi connectivity index (χ2n) is 4.46. The van der Waals surface area contributed by atoms with E-state index in [1.807, 2.05) is 6.07 Å². The molecule has 1 atom stereocenters. The molecule has 0 aromatic heterocycles. The molecular formula is C12H15FN2O. The van der Waals surface area contributed by atoms with Gasteiger partial charge in [0, 0.05) is 19.6 Å². The smallest absolute Gasteiger partial charge is 0.123 e. The summed E-state index contributed by atoms with van der Waals surface area (Å²) in [5.41, 5.74) is 0.799. The second-order valence-corrected chi connectivity index (χ2v) is 4.46. The largest absolute Gasteiger partial charge is 0.369 e. The summed E-state index contributed by atoms with van der Waals surface area (Å²) in [5.74, 6) is -0.188. The zero-order valence-electron chi connectivity index (χ0n) is 9.00. The Labute approximate surface area is 94.0 Å². The minimum absolute atomic E-state index is 0.0956. The summed E-state index contributed by atoms with van der Waals surface area (Å²) >= 11 is 0. The molecule has 2 N–H and O–H groups in total. The maximum absolute atomic E-state index is 13.2. The highest BCUT2D eigenvalue weighted by molar-refractivity contribution is 5.26. The van der Waals surface area contributed by atoms with Crippen molar-refractivity contribution in [3.63, 3.8) is 0 Å². The molecule has 0 amide bonds. The van der Waals surface area contributed by atoms with E-state index in [0.717, 1.165) is 31.8 Å². The monoisotopic (exact) mass is 222 g/mol. The molecule has 0 bridgehead atoms. The predicted octanol–water partition coefficient (Wildman–Crippen LogP) is 0.829. The average molecular weight is 222 g/mol. The van der Waals surface area contributed by atoms with Crippen LogP contribution in [0.2, 0.25) is 0 Å². The van der Waals surface area contributed by atoms with Crippen LogP contribution in [0.15, 0.2) is 24.3 Å². The highest BCUT2D eigenvalue weighted by atomic mass is 19.1. The predicted molar refractivity (Wildman–Crippen MR) is 58.7 cm³/mol. The molecule has 16 heavy (non-hydrogen) atoms. The van der Waals surface area contributed by atoms with E-state index < -0.39 is 0 Å². The van der Waals surface area contributed by atoms with Gasteiger partial charge in [-0.3, -0.25) is 0 Å². The first-order valence-corrected chi connectivity index (χ1v) is 5.64. The van der Waals surface area contributed by atoms with Crippen LogP contribution in [0.3, 0.4) is 0 Å². The van der Waals surface area contributed by atoms with E-state index in [1.165, 1.54) is 6.07 Å². The molecule has 0 aliphatic carbocycles. The van der Waals surface area contributed by atoms with Crippen molar-refractivity contribution in [3.8, 4) is 0 Å². The van der Waals surface area contributed by atoms with Crippen LogP contribution in [0, 0.1) is 5.82 Å². The Bertz CT molecular complexity index is 392. The van der Waals surface area contributed by atoms with E-state index in [9.17, 15) is 4.39 Å². The Balaban J connectivity index is 1.92. The molecule has 3 nitrogen and oxygen atoms in total. The van der Waals surface area contributed by atoms with E-state index >= 15 is 0 Å². The maximum Gasteiger partial charge on any atom is 0.123 e. The molecule has 3 rings (SSSR count). The fourth-order valence-corrected chi connectivity index (χ4v) is 2.51. The molecule has 1 unspecified atom stereocenters. The van der Waals surface area contributed by atoms with E-state index in [2.05, 4.69) is 10.6 Å². The zero-order chi connectivity index (χ0) is 11.0. The molecular weight excluding hydrogens is 207 g/mol. The van der Waals surface area contributed by atoms with Crippen molar-refractivity contribution in [2.75, 3.05) is 26.2 Å². The number of hydrogen-bond acceptors (Lipinski definition) is 3. The number of morpholine rings is 1. The van der Waals surface area contributed by atoms with Gasteiger partial charge in [0.1, 0.15) is 11.4 Å². The van der Waals surface area contributed by atoms with E-state index in [0.29, 0.717) is 0 Å². The highest BCUT2D eigenvalue weighted by Gasteiger charge is 2.47. The molecule has 2 fully saturated rings. The van der Waals surface area contributed by atoms with Gasteiger partial charge in [0.25, 0.3) is 0 Å². The van der Waals surface area contributed by atoms with E-state index in [4.69, 9.17) is 4.74 Å². The molecule has 2 aliphatic rings. The normalized spacial score (nSPS) is 27.7. The van der Waals surface area contributed by atoms with Gasteiger partial charge >= 0.3 is 0 Å². The van der Waals surface area contributed by atoms with Crippen molar-refractivity contribution >= 4 is 0 Å². The molecule has 1 spiro atoms. The Morgan fingerprint density at radius 2 is 2.25 bits per heavy atom. The van der Waals surface area contributed by atoms with Crippen LogP contribution in [-0.4, -0.2) is 31.8 Å². The zero-order valence-corrected chi connectivity index (χ0v) is 9.00. The van der Waals surface area contributed by atoms with Crippen LogP contribution in [0.5, 0.6) is 0 Å². The summed E-state index contributed by atoms with van der Waals surface area (Å²) in [6, 6.07) is 6.86. The van der Waals surface area contributed by atoms with Crippen LogP contribution in [0.25, 0.3) is 0 Å². The first-order chi connectivity index (χ1) is 7.80. The second kappa shape index (κ2) is 3.80. The first kappa shape index (κ1) is 10.2. The van der Waals surface area contributed by atoms with Gasteiger partial charge in [-0.1, -0.05) is 12.1 Å². The third-order valence-electron chi connectivity index (χ3n) is 3.40. The highest BCUT2D eigenvalue weighted by Crippen LogP contribution is 2.35. The SMILES string of the molecule is Fc1cccc(C2NCCOC23CNC3)c1. The minimum Gasteiger partial charge on any atom is -0.369 e. The van der Waals surface area contributed by atoms with Crippen molar-refractivity contribution in [2.24, 2.45) is 0 Å². The lowest BCUT2D eigenvalue weighted by molar-refractivity contribution is -0.128. The van der Waals surface area contributed by atoms with Crippen LogP contribution in [0.1, 0.15) is 11.6 Å². The van der Waals surface area contributed by atoms with E-state index in [-0.39, 0.29) is 17.5 Å². The molecule has 1 aromatic carbocycles. The van der Waals surface area contributed by atoms with Gasteiger partial charge in [0.15, 0.2) is 0 Å². The Kier molecular flexibility index (Phi) is 2.42. The maximum atomic E-state index is 13.2. The van der Waals surface area contributed by atoms with Crippen molar-refractivity contribution in [3.05, 3.63) is 35.6 Å². The standard InChI is InChI=1S/C12H15FN2O/c13-10-3-1-2-9(6-10)11-12(7-14-8-12)16-5-4-15-11/h1-3,6,11,14-15H,4-5,7-8H2. The lowest BCUT2D eigenvalue weighted by Gasteiger charge is -2.50. The summed E-state index contributed by atoms with van der Waals surface area (Å²) in [5, 5.41) is 6.65. The summed E-state index contributed by atoms with van der Waals surface area (Å²) in [6.07, 6.45) is 0. The van der Waals surface area contributed by atoms with Crippen LogP contribution in [-0.2, 0) is 4.74 Å². The summed E-state index contributed by atoms with van der Waals surface area (Å²) in [4.78, 5) is 0. The van der Waals surface area contributed by atoms with E-state index in [1.54, 1.807) is 12.1 Å². The Morgan fingerprint density at radius 1 is 1.38 bits per heavy atom. The fourth-order valence-electron chi connectivity index (χ4n) is 2.51. The third kappa shape index (κ3) is 1.54. The van der Waals surface area contributed by atoms with Gasteiger partial charge in [-0.25, -0.2) is 4.39 Å². The number of benzene rings is 1. The number of ether oxygens (including phenoxy) is 1. The molecule has 2 saturated heterocycles. The molecule has 2 aliphatic heterocycles. The molecule has 2 heterocycles. The Hall–Kier alpha value is -0.970. The van der Waals surface area contributed by atoms with Gasteiger partial charge in [-0.15, -0.1) is 0 Å². The van der Waals surface area contributed by atoms with Crippen molar-refractivity contribution in [1.29, 1.82) is 0 Å². The molecule has 0 saturated carbocycles. The third-order valence-corrected chi connectivity index (χ3v) is 3.40. The summed E-state index contributed by atoms with van der Waals surface area (Å²) in [7, 11) is 0. The first-order valence-electron chi connectivity index (χ1n) is 5.64. The molecule has 86 valence electrons. The lowest BCUT2D eigenvalue weighted by atomic mass is 9.82. The topological polar surface area (TPSA) is 33.3 Å². The fraction of sp³-hybridized carbons (Fsp3) is 0.500. The van der Waals surface area contributed by atoms with Crippen molar-refractivity contribution < 1.29 is 9.13 Å². The van der Waals surface area contributed by atoms with Gasteiger partial charge in [-0.05, 0) is 17.7 Å². The number of rotatable bonds is 1. The number of nitrogens with one attached hydrogen (secondary N) is 2. The van der Waals surface area contributed by atoms with Crippen LogP contribution >= 0.6 is 0 Å². The van der Waals surface area contributed by atoms with Gasteiger partial charge in [0.2, 0.25) is 0 Å². The number of hydrogen-bond donors (Lipinski definition) is 2. The lowest BCUT2D eigenvalue weighted by Crippen LogP contribution is -2.69. The minimum atomic E-state index is -0.188. The van der Waals surface area contributed by atoms with Gasteiger partial charge in [-0.2, -0.15) is 0 Å². The van der Waals surface area contributed by atoms with Gasteiger partial charge in [0.05, 0.1) is 12.6 Å². The van der Waals surface area contributed by atoms with Crippen molar-refractivity contribution in [2.45, 2.75) is 11.6 Å². The summed E-state index contributed by atoms with van der Waals surface area (Å²) < 4.78 is 19.1. The average Bonchev–Trinajstić information content (AvgIpc) is 2.27.